The smallest absolute Gasteiger partial charge is 0.159 e. The topological polar surface area (TPSA) is 75.9 Å². The lowest BCUT2D eigenvalue weighted by molar-refractivity contribution is 1.02. The minimum atomic E-state index is 0.489. The molecule has 0 atom stereocenters. The Hall–Kier alpha value is -2.31. The fourth-order valence-electron chi connectivity index (χ4n) is 2.27. The van der Waals surface area contributed by atoms with E-state index in [1.54, 1.807) is 11.3 Å². The number of nitrogens with two attached hydrogens (primary N) is 1. The lowest BCUT2D eigenvalue weighted by atomic mass is 10.2. The van der Waals surface area contributed by atoms with Crippen molar-refractivity contribution >= 4 is 45.9 Å². The van der Waals surface area contributed by atoms with Gasteiger partial charge in [-0.2, -0.15) is 0 Å². The summed E-state index contributed by atoms with van der Waals surface area (Å²) in [7, 11) is 0. The minimum Gasteiger partial charge on any atom is -0.393 e. The first kappa shape index (κ1) is 16.5. The number of hydrogen-bond donors (Lipinski definition) is 3. The summed E-state index contributed by atoms with van der Waals surface area (Å²) >= 11 is 7.89. The molecule has 5 nitrogen and oxygen atoms in total. The first-order valence-electron chi connectivity index (χ1n) is 7.54. The van der Waals surface area contributed by atoms with Crippen molar-refractivity contribution in [1.82, 2.24) is 9.97 Å². The van der Waals surface area contributed by atoms with E-state index in [4.69, 9.17) is 17.3 Å². The van der Waals surface area contributed by atoms with E-state index in [1.807, 2.05) is 31.2 Å². The van der Waals surface area contributed by atoms with Crippen LogP contribution in [0.3, 0.4) is 0 Å². The van der Waals surface area contributed by atoms with Gasteiger partial charge >= 0.3 is 0 Å². The van der Waals surface area contributed by atoms with Gasteiger partial charge in [0, 0.05) is 22.1 Å². The van der Waals surface area contributed by atoms with Crippen LogP contribution in [0.5, 0.6) is 0 Å². The maximum Gasteiger partial charge on any atom is 0.159 e. The molecule has 0 bridgehead atoms. The highest BCUT2D eigenvalue weighted by molar-refractivity contribution is 7.09. The van der Waals surface area contributed by atoms with E-state index in [0.717, 1.165) is 24.2 Å². The summed E-state index contributed by atoms with van der Waals surface area (Å²) in [5.41, 5.74) is 8.51. The van der Waals surface area contributed by atoms with E-state index in [-0.39, 0.29) is 0 Å². The number of aromatic nitrogens is 2. The van der Waals surface area contributed by atoms with E-state index in [9.17, 15) is 0 Å². The standard InChI is InChI=1S/C17H18ClN5S/c1-11-13(18)5-2-6-14(11)23-17-15(19)16(21-10-22-17)20-8-7-12-4-3-9-24-12/h2-6,9-10H,7-8,19H2,1H3,(H2,20,21,22,23). The summed E-state index contributed by atoms with van der Waals surface area (Å²) in [4.78, 5) is 9.79. The molecule has 0 saturated carbocycles. The second-order valence-electron chi connectivity index (χ2n) is 5.28. The van der Waals surface area contributed by atoms with Crippen LogP contribution in [0.1, 0.15) is 10.4 Å². The molecule has 0 radical (unpaired) electrons. The molecule has 1 aromatic carbocycles. The van der Waals surface area contributed by atoms with E-state index in [0.29, 0.717) is 22.3 Å². The highest BCUT2D eigenvalue weighted by Crippen LogP contribution is 2.29. The summed E-state index contributed by atoms with van der Waals surface area (Å²) in [5.74, 6) is 1.19. The molecule has 0 aliphatic carbocycles. The number of anilines is 4. The van der Waals surface area contributed by atoms with Gasteiger partial charge in [-0.3, -0.25) is 0 Å². The van der Waals surface area contributed by atoms with Gasteiger partial charge in [0.15, 0.2) is 11.6 Å². The van der Waals surface area contributed by atoms with Crippen LogP contribution in [0.15, 0.2) is 42.0 Å². The number of thiophene rings is 1. The molecule has 2 heterocycles. The Morgan fingerprint density at radius 1 is 1.17 bits per heavy atom. The molecule has 0 spiro atoms. The zero-order chi connectivity index (χ0) is 16.9. The molecule has 3 aromatic rings. The van der Waals surface area contributed by atoms with Crippen molar-refractivity contribution in [3.05, 3.63) is 57.5 Å². The van der Waals surface area contributed by atoms with Gasteiger partial charge in [0.25, 0.3) is 0 Å². The number of nitrogens with one attached hydrogen (secondary N) is 2. The number of nitrogen functional groups attached to an aromatic ring is 1. The van der Waals surface area contributed by atoms with Gasteiger partial charge < -0.3 is 16.4 Å². The second-order valence-corrected chi connectivity index (χ2v) is 6.72. The molecule has 0 saturated heterocycles. The Morgan fingerprint density at radius 3 is 2.79 bits per heavy atom. The Balaban J connectivity index is 1.72. The zero-order valence-corrected chi connectivity index (χ0v) is 14.8. The monoisotopic (exact) mass is 359 g/mol. The largest absolute Gasteiger partial charge is 0.393 e. The summed E-state index contributed by atoms with van der Waals surface area (Å²) in [6.07, 6.45) is 2.42. The Labute approximate surface area is 149 Å². The fraction of sp³-hybridized carbons (Fsp3) is 0.176. The average Bonchev–Trinajstić information content (AvgIpc) is 3.08. The predicted octanol–water partition coefficient (Wildman–Crippen LogP) is 4.48. The molecule has 0 unspecified atom stereocenters. The van der Waals surface area contributed by atoms with E-state index >= 15 is 0 Å². The lowest BCUT2D eigenvalue weighted by Gasteiger charge is -2.14. The average molecular weight is 360 g/mol. The van der Waals surface area contributed by atoms with E-state index in [2.05, 4.69) is 32.0 Å². The third-order valence-electron chi connectivity index (χ3n) is 3.65. The molecule has 7 heteroatoms. The van der Waals surface area contributed by atoms with Crippen LogP contribution in [-0.2, 0) is 6.42 Å². The molecular formula is C17H18ClN5S. The molecule has 0 aliphatic heterocycles. The molecule has 0 aliphatic rings. The van der Waals surface area contributed by atoms with Crippen molar-refractivity contribution in [3.8, 4) is 0 Å². The Bertz CT molecular complexity index is 820. The van der Waals surface area contributed by atoms with Crippen LogP contribution in [-0.4, -0.2) is 16.5 Å². The minimum absolute atomic E-state index is 0.489. The number of hydrogen-bond acceptors (Lipinski definition) is 6. The van der Waals surface area contributed by atoms with Crippen molar-refractivity contribution in [2.75, 3.05) is 22.9 Å². The maximum atomic E-state index is 6.20. The van der Waals surface area contributed by atoms with Gasteiger partial charge in [0.2, 0.25) is 0 Å². The highest BCUT2D eigenvalue weighted by Gasteiger charge is 2.10. The van der Waals surface area contributed by atoms with Crippen LogP contribution in [0, 0.1) is 6.92 Å². The van der Waals surface area contributed by atoms with Crippen LogP contribution >= 0.6 is 22.9 Å². The Kier molecular flexibility index (Phi) is 5.17. The predicted molar refractivity (Wildman–Crippen MR) is 102 cm³/mol. The SMILES string of the molecule is Cc1c(Cl)cccc1Nc1ncnc(NCCc2cccs2)c1N. The van der Waals surface area contributed by atoms with Crippen LogP contribution in [0.4, 0.5) is 23.0 Å². The van der Waals surface area contributed by atoms with Gasteiger partial charge in [-0.05, 0) is 42.5 Å². The summed E-state index contributed by atoms with van der Waals surface area (Å²) < 4.78 is 0. The van der Waals surface area contributed by atoms with Gasteiger partial charge in [-0.1, -0.05) is 23.7 Å². The van der Waals surface area contributed by atoms with Gasteiger partial charge in [-0.25, -0.2) is 9.97 Å². The van der Waals surface area contributed by atoms with Crippen LogP contribution in [0.2, 0.25) is 5.02 Å². The molecule has 124 valence electrons. The Morgan fingerprint density at radius 2 is 2.00 bits per heavy atom. The molecular weight excluding hydrogens is 342 g/mol. The van der Waals surface area contributed by atoms with E-state index in [1.165, 1.54) is 11.2 Å². The lowest BCUT2D eigenvalue weighted by Crippen LogP contribution is -2.10. The molecule has 0 amide bonds. The van der Waals surface area contributed by atoms with Crippen molar-refractivity contribution in [1.29, 1.82) is 0 Å². The van der Waals surface area contributed by atoms with Gasteiger partial charge in [0.05, 0.1) is 0 Å². The number of benzene rings is 1. The third-order valence-corrected chi connectivity index (χ3v) is 4.99. The number of nitrogens with zero attached hydrogens (tertiary/aromatic N) is 2. The van der Waals surface area contributed by atoms with Crippen molar-refractivity contribution in [2.45, 2.75) is 13.3 Å². The maximum absolute atomic E-state index is 6.20. The molecule has 2 aromatic heterocycles. The van der Waals surface area contributed by atoms with Gasteiger partial charge in [0.1, 0.15) is 12.0 Å². The normalized spacial score (nSPS) is 10.6. The second kappa shape index (κ2) is 7.51. The zero-order valence-electron chi connectivity index (χ0n) is 13.2. The number of halogens is 1. The van der Waals surface area contributed by atoms with Crippen LogP contribution < -0.4 is 16.4 Å². The first-order valence-corrected chi connectivity index (χ1v) is 8.80. The first-order chi connectivity index (χ1) is 11.6. The fourth-order valence-corrected chi connectivity index (χ4v) is 3.15. The number of rotatable bonds is 6. The summed E-state index contributed by atoms with van der Waals surface area (Å²) in [6, 6.07) is 9.84. The third kappa shape index (κ3) is 3.77. The quantitative estimate of drug-likeness (QED) is 0.605. The molecule has 0 fully saturated rings. The summed E-state index contributed by atoms with van der Waals surface area (Å²) in [5, 5.41) is 9.26. The van der Waals surface area contributed by atoms with E-state index < -0.39 is 0 Å². The van der Waals surface area contributed by atoms with Gasteiger partial charge in [-0.15, -0.1) is 11.3 Å². The highest BCUT2D eigenvalue weighted by atomic mass is 35.5. The van der Waals surface area contributed by atoms with Crippen LogP contribution in [0.25, 0.3) is 0 Å². The molecule has 24 heavy (non-hydrogen) atoms. The van der Waals surface area contributed by atoms with Crippen molar-refractivity contribution < 1.29 is 0 Å². The summed E-state index contributed by atoms with van der Waals surface area (Å²) in [6.45, 7) is 2.71. The van der Waals surface area contributed by atoms with Crippen molar-refractivity contribution in [3.63, 3.8) is 0 Å². The van der Waals surface area contributed by atoms with Crippen molar-refractivity contribution in [2.24, 2.45) is 0 Å². The molecule has 4 N–H and O–H groups in total. The molecule has 3 rings (SSSR count).